The lowest BCUT2D eigenvalue weighted by atomic mass is 10.3. The molecule has 0 saturated carbocycles. The van der Waals surface area contributed by atoms with Crippen LogP contribution in [0.2, 0.25) is 0 Å². The summed E-state index contributed by atoms with van der Waals surface area (Å²) in [6, 6.07) is 3.29. The largest absolute Gasteiger partial charge is 0.312 e. The van der Waals surface area contributed by atoms with Gasteiger partial charge in [-0.25, -0.2) is 0 Å². The molecular formula is C6H2BrN3O2S. The van der Waals surface area contributed by atoms with Crippen LogP contribution in [0.5, 0.6) is 0 Å². The molecule has 0 saturated heterocycles. The highest BCUT2D eigenvalue weighted by Crippen LogP contribution is 2.31. The van der Waals surface area contributed by atoms with E-state index in [0.29, 0.717) is 15.5 Å². The third kappa shape index (κ3) is 1.29. The number of hydrogen-bond acceptors (Lipinski definition) is 5. The number of halogens is 1. The normalized spacial score (nSPS) is 10.5. The van der Waals surface area contributed by atoms with Crippen molar-refractivity contribution in [2.75, 3.05) is 0 Å². The van der Waals surface area contributed by atoms with E-state index in [1.807, 2.05) is 0 Å². The summed E-state index contributed by atoms with van der Waals surface area (Å²) in [7, 11) is 0. The zero-order valence-electron chi connectivity index (χ0n) is 6.10. The quantitative estimate of drug-likeness (QED) is 0.583. The number of nitrogens with zero attached hydrogens (tertiary/aromatic N) is 3. The molecule has 2 rings (SSSR count). The summed E-state index contributed by atoms with van der Waals surface area (Å²) in [6.07, 6.45) is 0. The van der Waals surface area contributed by atoms with Crippen LogP contribution in [0.3, 0.4) is 0 Å². The Morgan fingerprint density at radius 2 is 2.23 bits per heavy atom. The van der Waals surface area contributed by atoms with Gasteiger partial charge in [0.15, 0.2) is 5.52 Å². The van der Waals surface area contributed by atoms with Gasteiger partial charge in [0, 0.05) is 0 Å². The lowest BCUT2D eigenvalue weighted by Crippen LogP contribution is -1.90. The van der Waals surface area contributed by atoms with Crippen LogP contribution in [0.4, 0.5) is 5.69 Å². The number of aromatic nitrogens is 2. The van der Waals surface area contributed by atoms with E-state index in [9.17, 15) is 10.1 Å². The van der Waals surface area contributed by atoms with Gasteiger partial charge in [0.25, 0.3) is 0 Å². The Bertz CT molecular complexity index is 484. The molecule has 0 atom stereocenters. The standard InChI is InChI=1S/C6H2BrN3O2S/c7-3-1-2-4-5(9-13-8-4)6(3)10(11)12/h1-2H. The summed E-state index contributed by atoms with van der Waals surface area (Å²) in [5.74, 6) is 0. The van der Waals surface area contributed by atoms with E-state index in [0.717, 1.165) is 11.7 Å². The molecule has 1 aromatic heterocycles. The Morgan fingerprint density at radius 3 is 2.92 bits per heavy atom. The Labute approximate surface area is 85.0 Å². The van der Waals surface area contributed by atoms with Crippen molar-refractivity contribution in [1.82, 2.24) is 8.75 Å². The van der Waals surface area contributed by atoms with Gasteiger partial charge in [-0.05, 0) is 28.1 Å². The number of fused-ring (bicyclic) bond motifs is 1. The summed E-state index contributed by atoms with van der Waals surface area (Å²) < 4.78 is 8.20. The predicted octanol–water partition coefficient (Wildman–Crippen LogP) is 2.36. The SMILES string of the molecule is O=[N+]([O-])c1c(Br)ccc2nsnc12. The summed E-state index contributed by atoms with van der Waals surface area (Å²) >= 11 is 4.07. The molecule has 13 heavy (non-hydrogen) atoms. The van der Waals surface area contributed by atoms with Crippen LogP contribution < -0.4 is 0 Å². The van der Waals surface area contributed by atoms with Gasteiger partial charge in [0.2, 0.25) is 0 Å². The van der Waals surface area contributed by atoms with E-state index in [4.69, 9.17) is 0 Å². The molecule has 0 aliphatic carbocycles. The summed E-state index contributed by atoms with van der Waals surface area (Å²) in [4.78, 5) is 10.2. The summed E-state index contributed by atoms with van der Waals surface area (Å²) in [5, 5.41) is 10.6. The Kier molecular flexibility index (Phi) is 1.97. The van der Waals surface area contributed by atoms with Crippen LogP contribution in [0.25, 0.3) is 11.0 Å². The Hall–Kier alpha value is -1.08. The van der Waals surface area contributed by atoms with Crippen molar-refractivity contribution in [3.8, 4) is 0 Å². The van der Waals surface area contributed by atoms with Gasteiger partial charge in [0.1, 0.15) is 5.52 Å². The minimum Gasteiger partial charge on any atom is -0.258 e. The fourth-order valence-electron chi connectivity index (χ4n) is 0.987. The maximum Gasteiger partial charge on any atom is 0.312 e. The minimum atomic E-state index is -0.464. The van der Waals surface area contributed by atoms with E-state index >= 15 is 0 Å². The van der Waals surface area contributed by atoms with Crippen molar-refractivity contribution in [3.05, 3.63) is 26.7 Å². The summed E-state index contributed by atoms with van der Waals surface area (Å²) in [6.45, 7) is 0. The van der Waals surface area contributed by atoms with E-state index in [2.05, 4.69) is 24.7 Å². The molecular weight excluding hydrogens is 258 g/mol. The minimum absolute atomic E-state index is 0.0220. The smallest absolute Gasteiger partial charge is 0.258 e. The third-order valence-electron chi connectivity index (χ3n) is 1.53. The van der Waals surface area contributed by atoms with Gasteiger partial charge in [0.05, 0.1) is 21.1 Å². The van der Waals surface area contributed by atoms with Crippen LogP contribution in [0.1, 0.15) is 0 Å². The fraction of sp³-hybridized carbons (Fsp3) is 0. The van der Waals surface area contributed by atoms with Crippen LogP contribution in [-0.4, -0.2) is 13.7 Å². The van der Waals surface area contributed by atoms with Gasteiger partial charge >= 0.3 is 5.69 Å². The number of rotatable bonds is 1. The van der Waals surface area contributed by atoms with Crippen LogP contribution in [0.15, 0.2) is 16.6 Å². The van der Waals surface area contributed by atoms with Gasteiger partial charge in [-0.3, -0.25) is 10.1 Å². The zero-order chi connectivity index (χ0) is 9.42. The molecule has 66 valence electrons. The van der Waals surface area contributed by atoms with Crippen LogP contribution in [0, 0.1) is 10.1 Å². The molecule has 7 heteroatoms. The maximum atomic E-state index is 10.6. The molecule has 5 nitrogen and oxygen atoms in total. The first-order valence-electron chi connectivity index (χ1n) is 3.25. The van der Waals surface area contributed by atoms with Crippen LogP contribution in [-0.2, 0) is 0 Å². The first kappa shape index (κ1) is 8.52. The fourth-order valence-corrected chi connectivity index (χ4v) is 1.99. The average Bonchev–Trinajstić information content (AvgIpc) is 2.50. The number of nitro groups is 1. The van der Waals surface area contributed by atoms with Crippen molar-refractivity contribution in [2.45, 2.75) is 0 Å². The highest BCUT2D eigenvalue weighted by Gasteiger charge is 2.19. The molecule has 0 amide bonds. The summed E-state index contributed by atoms with van der Waals surface area (Å²) in [5.41, 5.74) is 0.871. The van der Waals surface area contributed by atoms with Crippen molar-refractivity contribution < 1.29 is 4.92 Å². The number of nitro benzene ring substituents is 1. The third-order valence-corrected chi connectivity index (χ3v) is 2.72. The lowest BCUT2D eigenvalue weighted by molar-refractivity contribution is -0.384. The van der Waals surface area contributed by atoms with Crippen LogP contribution >= 0.6 is 27.7 Å². The van der Waals surface area contributed by atoms with E-state index < -0.39 is 4.92 Å². The molecule has 0 bridgehead atoms. The highest BCUT2D eigenvalue weighted by atomic mass is 79.9. The first-order valence-corrected chi connectivity index (χ1v) is 4.77. The molecule has 1 heterocycles. The van der Waals surface area contributed by atoms with E-state index in [1.54, 1.807) is 12.1 Å². The molecule has 0 fully saturated rings. The zero-order valence-corrected chi connectivity index (χ0v) is 8.50. The first-order chi connectivity index (χ1) is 6.20. The second-order valence-corrected chi connectivity index (χ2v) is 3.67. The van der Waals surface area contributed by atoms with Crippen molar-refractivity contribution in [2.24, 2.45) is 0 Å². The molecule has 0 radical (unpaired) electrons. The second-order valence-electron chi connectivity index (χ2n) is 2.29. The molecule has 0 unspecified atom stereocenters. The Morgan fingerprint density at radius 1 is 1.46 bits per heavy atom. The van der Waals surface area contributed by atoms with Gasteiger partial charge in [-0.1, -0.05) is 0 Å². The predicted molar refractivity (Wildman–Crippen MR) is 51.8 cm³/mol. The van der Waals surface area contributed by atoms with E-state index in [1.165, 1.54) is 0 Å². The van der Waals surface area contributed by atoms with Crippen molar-refractivity contribution in [3.63, 3.8) is 0 Å². The topological polar surface area (TPSA) is 68.9 Å². The maximum absolute atomic E-state index is 10.6. The molecule has 0 aliphatic heterocycles. The van der Waals surface area contributed by atoms with Gasteiger partial charge in [-0.15, -0.1) is 0 Å². The number of benzene rings is 1. The van der Waals surface area contributed by atoms with Crippen molar-refractivity contribution in [1.29, 1.82) is 0 Å². The molecule has 0 N–H and O–H groups in total. The molecule has 0 aliphatic rings. The molecule has 2 aromatic rings. The lowest BCUT2D eigenvalue weighted by Gasteiger charge is -1.93. The van der Waals surface area contributed by atoms with Gasteiger partial charge in [-0.2, -0.15) is 8.75 Å². The highest BCUT2D eigenvalue weighted by molar-refractivity contribution is 9.10. The molecule has 0 spiro atoms. The molecule has 1 aromatic carbocycles. The Balaban J connectivity index is 2.88. The van der Waals surface area contributed by atoms with Crippen molar-refractivity contribution >= 4 is 44.4 Å². The second kappa shape index (κ2) is 3.00. The monoisotopic (exact) mass is 259 g/mol. The van der Waals surface area contributed by atoms with E-state index in [-0.39, 0.29) is 5.69 Å². The number of hydrogen-bond donors (Lipinski definition) is 0. The van der Waals surface area contributed by atoms with Gasteiger partial charge < -0.3 is 0 Å². The average molecular weight is 260 g/mol.